The summed E-state index contributed by atoms with van der Waals surface area (Å²) in [5, 5.41) is 0. The van der Waals surface area contributed by atoms with Crippen LogP contribution in [-0.4, -0.2) is 6.61 Å². The van der Waals surface area contributed by atoms with E-state index in [1.54, 1.807) is 0 Å². The van der Waals surface area contributed by atoms with Gasteiger partial charge in [0.05, 0.1) is 6.61 Å². The van der Waals surface area contributed by atoms with Crippen LogP contribution in [0.5, 0.6) is 5.75 Å². The van der Waals surface area contributed by atoms with Crippen molar-refractivity contribution in [1.82, 2.24) is 0 Å². The van der Waals surface area contributed by atoms with Gasteiger partial charge in [-0.25, -0.2) is 0 Å². The minimum atomic E-state index is -0.181. The summed E-state index contributed by atoms with van der Waals surface area (Å²) in [5.74, 6) is 1.00. The van der Waals surface area contributed by atoms with E-state index in [1.807, 2.05) is 0 Å². The van der Waals surface area contributed by atoms with Crippen molar-refractivity contribution in [3.8, 4) is 5.75 Å². The molecule has 1 aromatic carbocycles. The molecular formula is C12H17NO. The third kappa shape index (κ3) is 1.30. The van der Waals surface area contributed by atoms with Crippen LogP contribution < -0.4 is 10.5 Å². The number of ether oxygens (including phenoxy) is 1. The highest BCUT2D eigenvalue weighted by Gasteiger charge is 2.32. The lowest BCUT2D eigenvalue weighted by Crippen LogP contribution is -2.40. The van der Waals surface area contributed by atoms with Crippen molar-refractivity contribution in [3.63, 3.8) is 0 Å². The Balaban J connectivity index is 2.55. The van der Waals surface area contributed by atoms with Crippen LogP contribution in [0.15, 0.2) is 18.2 Å². The van der Waals surface area contributed by atoms with Crippen LogP contribution in [0.1, 0.15) is 30.9 Å². The maximum absolute atomic E-state index is 6.36. The molecule has 76 valence electrons. The van der Waals surface area contributed by atoms with Crippen molar-refractivity contribution in [2.75, 3.05) is 6.61 Å². The fourth-order valence-corrected chi connectivity index (χ4v) is 2.07. The zero-order valence-electron chi connectivity index (χ0n) is 8.84. The molecule has 1 heterocycles. The predicted molar refractivity (Wildman–Crippen MR) is 57.4 cm³/mol. The van der Waals surface area contributed by atoms with Crippen LogP contribution in [0.2, 0.25) is 0 Å². The number of rotatable bonds is 1. The molecule has 0 radical (unpaired) electrons. The first kappa shape index (κ1) is 9.53. The van der Waals surface area contributed by atoms with Crippen molar-refractivity contribution in [1.29, 1.82) is 0 Å². The van der Waals surface area contributed by atoms with Gasteiger partial charge in [-0.3, -0.25) is 0 Å². The predicted octanol–water partition coefficient (Wildman–Crippen LogP) is 2.34. The zero-order valence-corrected chi connectivity index (χ0v) is 8.84. The van der Waals surface area contributed by atoms with Gasteiger partial charge in [-0.1, -0.05) is 25.1 Å². The molecule has 1 unspecified atom stereocenters. The van der Waals surface area contributed by atoms with Gasteiger partial charge in [0.2, 0.25) is 0 Å². The van der Waals surface area contributed by atoms with Crippen molar-refractivity contribution in [3.05, 3.63) is 29.3 Å². The fourth-order valence-electron chi connectivity index (χ4n) is 2.07. The summed E-state index contributed by atoms with van der Waals surface area (Å²) in [6, 6.07) is 6.21. The van der Waals surface area contributed by atoms with E-state index in [4.69, 9.17) is 10.5 Å². The lowest BCUT2D eigenvalue weighted by Gasteiger charge is -2.35. The number of benzene rings is 1. The minimum Gasteiger partial charge on any atom is -0.493 e. The number of nitrogens with two attached hydrogens (primary N) is 1. The molecule has 0 saturated carbocycles. The first-order valence-corrected chi connectivity index (χ1v) is 5.19. The second-order valence-corrected chi connectivity index (χ2v) is 4.06. The van der Waals surface area contributed by atoms with Gasteiger partial charge in [-0.05, 0) is 18.9 Å². The Morgan fingerprint density at radius 3 is 3.00 bits per heavy atom. The van der Waals surface area contributed by atoms with E-state index in [0.717, 1.165) is 25.2 Å². The molecule has 2 nitrogen and oxygen atoms in total. The molecule has 0 aliphatic carbocycles. The molecule has 0 aromatic heterocycles. The van der Waals surface area contributed by atoms with E-state index in [1.165, 1.54) is 11.1 Å². The summed E-state index contributed by atoms with van der Waals surface area (Å²) in [5.41, 5.74) is 8.54. The molecule has 2 N–H and O–H groups in total. The number of aryl methyl sites for hydroxylation is 1. The Kier molecular flexibility index (Phi) is 2.23. The molecular weight excluding hydrogens is 174 g/mol. The molecule has 0 spiro atoms. The summed E-state index contributed by atoms with van der Waals surface area (Å²) in [7, 11) is 0. The largest absolute Gasteiger partial charge is 0.493 e. The molecule has 14 heavy (non-hydrogen) atoms. The van der Waals surface area contributed by atoms with Gasteiger partial charge in [-0.2, -0.15) is 0 Å². The summed E-state index contributed by atoms with van der Waals surface area (Å²) < 4.78 is 5.67. The fraction of sp³-hybridized carbons (Fsp3) is 0.500. The molecule has 0 amide bonds. The number of hydrogen-bond acceptors (Lipinski definition) is 2. The Labute approximate surface area is 85.1 Å². The van der Waals surface area contributed by atoms with Gasteiger partial charge in [0.25, 0.3) is 0 Å². The van der Waals surface area contributed by atoms with Crippen LogP contribution in [0.4, 0.5) is 0 Å². The average molecular weight is 191 g/mol. The molecule has 2 heteroatoms. The quantitative estimate of drug-likeness (QED) is 0.739. The third-order valence-corrected chi connectivity index (χ3v) is 3.17. The molecule has 1 aliphatic rings. The SMILES string of the molecule is CCC1(N)CCOc2c(C)cccc21. The van der Waals surface area contributed by atoms with Crippen LogP contribution >= 0.6 is 0 Å². The summed E-state index contributed by atoms with van der Waals surface area (Å²) in [4.78, 5) is 0. The Hall–Kier alpha value is -1.02. The number of para-hydroxylation sites is 1. The highest BCUT2D eigenvalue weighted by atomic mass is 16.5. The maximum atomic E-state index is 6.36. The monoisotopic (exact) mass is 191 g/mol. The highest BCUT2D eigenvalue weighted by Crippen LogP contribution is 2.38. The average Bonchev–Trinajstić information content (AvgIpc) is 2.20. The van der Waals surface area contributed by atoms with E-state index in [0.29, 0.717) is 0 Å². The smallest absolute Gasteiger partial charge is 0.127 e. The summed E-state index contributed by atoms with van der Waals surface area (Å²) >= 11 is 0. The van der Waals surface area contributed by atoms with Crippen LogP contribution in [-0.2, 0) is 5.54 Å². The van der Waals surface area contributed by atoms with Gasteiger partial charge in [-0.15, -0.1) is 0 Å². The normalized spacial score (nSPS) is 25.4. The van der Waals surface area contributed by atoms with E-state index in [2.05, 4.69) is 32.0 Å². The van der Waals surface area contributed by atoms with Gasteiger partial charge < -0.3 is 10.5 Å². The third-order valence-electron chi connectivity index (χ3n) is 3.17. The van der Waals surface area contributed by atoms with E-state index >= 15 is 0 Å². The van der Waals surface area contributed by atoms with E-state index in [-0.39, 0.29) is 5.54 Å². The van der Waals surface area contributed by atoms with Gasteiger partial charge >= 0.3 is 0 Å². The topological polar surface area (TPSA) is 35.2 Å². The molecule has 1 atom stereocenters. The van der Waals surface area contributed by atoms with Crippen LogP contribution in [0.25, 0.3) is 0 Å². The number of fused-ring (bicyclic) bond motifs is 1. The Morgan fingerprint density at radius 1 is 1.50 bits per heavy atom. The first-order chi connectivity index (χ1) is 6.67. The van der Waals surface area contributed by atoms with Crippen LogP contribution in [0, 0.1) is 6.92 Å². The Morgan fingerprint density at radius 2 is 2.29 bits per heavy atom. The molecule has 0 saturated heterocycles. The summed E-state index contributed by atoms with van der Waals surface area (Å²) in [6.07, 6.45) is 1.88. The second kappa shape index (κ2) is 3.28. The highest BCUT2D eigenvalue weighted by molar-refractivity contribution is 5.46. The zero-order chi connectivity index (χ0) is 10.2. The second-order valence-electron chi connectivity index (χ2n) is 4.06. The van der Waals surface area contributed by atoms with Gasteiger partial charge in [0, 0.05) is 17.5 Å². The molecule has 1 aliphatic heterocycles. The molecule has 1 aromatic rings. The van der Waals surface area contributed by atoms with Gasteiger partial charge in [0.15, 0.2) is 0 Å². The maximum Gasteiger partial charge on any atom is 0.127 e. The first-order valence-electron chi connectivity index (χ1n) is 5.19. The Bertz CT molecular complexity index is 348. The number of hydrogen-bond donors (Lipinski definition) is 1. The van der Waals surface area contributed by atoms with Crippen LogP contribution in [0.3, 0.4) is 0 Å². The summed E-state index contributed by atoms with van der Waals surface area (Å²) in [6.45, 7) is 4.94. The van der Waals surface area contributed by atoms with Crippen molar-refractivity contribution in [2.45, 2.75) is 32.2 Å². The van der Waals surface area contributed by atoms with Crippen molar-refractivity contribution in [2.24, 2.45) is 5.73 Å². The standard InChI is InChI=1S/C12H17NO/c1-3-12(13)7-8-14-11-9(2)5-4-6-10(11)12/h4-6H,3,7-8,13H2,1-2H3. The molecule has 2 rings (SSSR count). The van der Waals surface area contributed by atoms with Crippen molar-refractivity contribution < 1.29 is 4.74 Å². The lowest BCUT2D eigenvalue weighted by molar-refractivity contribution is 0.211. The minimum absolute atomic E-state index is 0.181. The molecule has 0 fully saturated rings. The van der Waals surface area contributed by atoms with E-state index in [9.17, 15) is 0 Å². The lowest BCUT2D eigenvalue weighted by atomic mass is 9.82. The molecule has 0 bridgehead atoms. The van der Waals surface area contributed by atoms with E-state index < -0.39 is 0 Å². The van der Waals surface area contributed by atoms with Crippen molar-refractivity contribution >= 4 is 0 Å². The van der Waals surface area contributed by atoms with Gasteiger partial charge in [0.1, 0.15) is 5.75 Å².